The summed E-state index contributed by atoms with van der Waals surface area (Å²) >= 11 is 1.28. The maximum Gasteiger partial charge on any atom is 0.307 e. The van der Waals surface area contributed by atoms with Gasteiger partial charge >= 0.3 is 5.97 Å². The van der Waals surface area contributed by atoms with Crippen LogP contribution in [0.4, 0.5) is 0 Å². The van der Waals surface area contributed by atoms with Gasteiger partial charge in [0.15, 0.2) is 0 Å². The summed E-state index contributed by atoms with van der Waals surface area (Å²) in [4.78, 5) is 28.6. The minimum absolute atomic E-state index is 0.0865. The molecule has 1 aromatic heterocycles. The summed E-state index contributed by atoms with van der Waals surface area (Å²) in [5.41, 5.74) is 4.30. The van der Waals surface area contributed by atoms with Gasteiger partial charge in [-0.3, -0.25) is 9.59 Å². The second-order valence-electron chi connectivity index (χ2n) is 4.98. The highest BCUT2D eigenvalue weighted by molar-refractivity contribution is 7.11. The summed E-state index contributed by atoms with van der Waals surface area (Å²) in [6.45, 7) is 3.77. The molecule has 0 aliphatic carbocycles. The van der Waals surface area contributed by atoms with Gasteiger partial charge in [-0.15, -0.1) is 11.3 Å². The van der Waals surface area contributed by atoms with Gasteiger partial charge in [0.05, 0.1) is 30.8 Å². The molecule has 0 saturated heterocycles. The van der Waals surface area contributed by atoms with Crippen molar-refractivity contribution in [3.8, 4) is 0 Å². The van der Waals surface area contributed by atoms with Crippen LogP contribution in [0.25, 0.3) is 0 Å². The van der Waals surface area contributed by atoms with Gasteiger partial charge in [0.25, 0.3) is 5.91 Å². The Morgan fingerprint density at radius 1 is 1.27 bits per heavy atom. The monoisotopic (exact) mass is 318 g/mol. The minimum Gasteiger partial charge on any atom is -0.469 e. The number of aryl methyl sites for hydroxylation is 2. The van der Waals surface area contributed by atoms with E-state index >= 15 is 0 Å². The van der Waals surface area contributed by atoms with Crippen LogP contribution in [0.1, 0.15) is 39.0 Å². The van der Waals surface area contributed by atoms with Crippen molar-refractivity contribution in [2.24, 2.45) is 0 Å². The molecular weight excluding hydrogens is 300 g/mol. The van der Waals surface area contributed by atoms with Crippen molar-refractivity contribution < 1.29 is 14.3 Å². The Morgan fingerprint density at radius 2 is 1.95 bits per heavy atom. The molecule has 1 aromatic carbocycles. The van der Waals surface area contributed by atoms with Crippen molar-refractivity contribution in [3.05, 3.63) is 51.5 Å². The number of rotatable bonds is 5. The van der Waals surface area contributed by atoms with Crippen molar-refractivity contribution in [2.75, 3.05) is 7.11 Å². The van der Waals surface area contributed by atoms with Crippen LogP contribution in [0, 0.1) is 13.8 Å². The summed E-state index contributed by atoms with van der Waals surface area (Å²) in [6.07, 6.45) is 0.0865. The molecule has 6 heteroatoms. The zero-order valence-corrected chi connectivity index (χ0v) is 13.6. The lowest BCUT2D eigenvalue weighted by Gasteiger charge is -2.18. The van der Waals surface area contributed by atoms with Crippen LogP contribution < -0.4 is 5.32 Å². The third-order valence-corrected chi connectivity index (χ3v) is 4.26. The van der Waals surface area contributed by atoms with E-state index in [1.54, 1.807) is 12.4 Å². The molecule has 0 bridgehead atoms. The molecule has 0 unspecified atom stereocenters. The largest absolute Gasteiger partial charge is 0.469 e. The van der Waals surface area contributed by atoms with E-state index in [0.717, 1.165) is 11.1 Å². The lowest BCUT2D eigenvalue weighted by atomic mass is 10.0. The first-order valence-corrected chi connectivity index (χ1v) is 7.73. The Bertz CT molecular complexity index is 664. The second-order valence-corrected chi connectivity index (χ2v) is 5.84. The smallest absolute Gasteiger partial charge is 0.307 e. The summed E-state index contributed by atoms with van der Waals surface area (Å²) in [7, 11) is 1.34. The average molecular weight is 318 g/mol. The molecule has 2 rings (SSSR count). The highest BCUT2D eigenvalue weighted by Crippen LogP contribution is 2.20. The average Bonchev–Trinajstić information content (AvgIpc) is 2.93. The van der Waals surface area contributed by atoms with E-state index in [9.17, 15) is 9.59 Å². The first kappa shape index (κ1) is 16.2. The number of ether oxygens (including phenoxy) is 1. The zero-order chi connectivity index (χ0) is 16.1. The van der Waals surface area contributed by atoms with Gasteiger partial charge in [0, 0.05) is 0 Å². The van der Waals surface area contributed by atoms with Crippen LogP contribution in [0.5, 0.6) is 0 Å². The Kier molecular flexibility index (Phi) is 5.27. The quantitative estimate of drug-likeness (QED) is 0.861. The summed E-state index contributed by atoms with van der Waals surface area (Å²) in [5.74, 6) is -0.596. The van der Waals surface area contributed by atoms with Crippen molar-refractivity contribution in [1.29, 1.82) is 0 Å². The first-order valence-electron chi connectivity index (χ1n) is 6.85. The molecule has 0 fully saturated rings. The molecule has 2 aromatic rings. The highest BCUT2D eigenvalue weighted by atomic mass is 32.1. The lowest BCUT2D eigenvalue weighted by Crippen LogP contribution is -2.30. The molecule has 22 heavy (non-hydrogen) atoms. The first-order chi connectivity index (χ1) is 10.5. The van der Waals surface area contributed by atoms with Gasteiger partial charge in [-0.25, -0.2) is 4.98 Å². The number of nitrogens with zero attached hydrogens (tertiary/aromatic N) is 1. The molecule has 0 aliphatic rings. The second kappa shape index (κ2) is 7.17. The van der Waals surface area contributed by atoms with Crippen molar-refractivity contribution in [3.63, 3.8) is 0 Å². The Labute approximate surface area is 133 Å². The van der Waals surface area contributed by atoms with Gasteiger partial charge in [-0.2, -0.15) is 0 Å². The Hall–Kier alpha value is -2.21. The third-order valence-electron chi connectivity index (χ3n) is 3.34. The standard InChI is InChI=1S/C16H18N2O3S/c1-10-4-6-12(7-5-10)13(8-14(19)21-3)18-16(20)15-11(2)17-9-22-15/h4-7,9,13H,8H2,1-3H3,(H,18,20)/t13-/m0/s1. The normalized spacial score (nSPS) is 11.8. The summed E-state index contributed by atoms with van der Waals surface area (Å²) in [6, 6.07) is 7.28. The number of methoxy groups -OCH3 is 1. The molecule has 0 radical (unpaired) electrons. The van der Waals surface area contributed by atoms with Crippen LogP contribution in [-0.2, 0) is 9.53 Å². The highest BCUT2D eigenvalue weighted by Gasteiger charge is 2.21. The van der Waals surface area contributed by atoms with E-state index in [2.05, 4.69) is 10.3 Å². The molecule has 0 spiro atoms. The van der Waals surface area contributed by atoms with Gasteiger partial charge in [-0.1, -0.05) is 29.8 Å². The fourth-order valence-corrected chi connectivity index (χ4v) is 2.75. The third kappa shape index (κ3) is 3.92. The fraction of sp³-hybridized carbons (Fsp3) is 0.312. The number of amides is 1. The Balaban J connectivity index is 2.21. The molecule has 0 aliphatic heterocycles. The van der Waals surface area contributed by atoms with Gasteiger partial charge in [0.1, 0.15) is 4.88 Å². The van der Waals surface area contributed by atoms with Crippen LogP contribution in [0.2, 0.25) is 0 Å². The number of carbonyl (C=O) groups excluding carboxylic acids is 2. The number of aromatic nitrogens is 1. The number of nitrogens with one attached hydrogen (secondary N) is 1. The molecule has 1 N–H and O–H groups in total. The summed E-state index contributed by atoms with van der Waals surface area (Å²) in [5, 5.41) is 2.89. The molecule has 1 amide bonds. The van der Waals surface area contributed by atoms with E-state index < -0.39 is 6.04 Å². The number of esters is 1. The number of thiazole rings is 1. The zero-order valence-electron chi connectivity index (χ0n) is 12.8. The SMILES string of the molecule is COC(=O)C[C@H](NC(=O)c1scnc1C)c1ccc(C)cc1. The predicted molar refractivity (Wildman–Crippen MR) is 84.9 cm³/mol. The van der Waals surface area contributed by atoms with Gasteiger partial charge < -0.3 is 10.1 Å². The van der Waals surface area contributed by atoms with E-state index in [-0.39, 0.29) is 18.3 Å². The Morgan fingerprint density at radius 3 is 2.50 bits per heavy atom. The number of benzene rings is 1. The minimum atomic E-state index is -0.429. The van der Waals surface area contributed by atoms with Crippen LogP contribution >= 0.6 is 11.3 Å². The van der Waals surface area contributed by atoms with Crippen LogP contribution in [0.15, 0.2) is 29.8 Å². The molecular formula is C16H18N2O3S. The topological polar surface area (TPSA) is 68.3 Å². The van der Waals surface area contributed by atoms with E-state index in [1.807, 2.05) is 31.2 Å². The molecule has 116 valence electrons. The molecule has 1 heterocycles. The van der Waals surface area contributed by atoms with Crippen LogP contribution in [0.3, 0.4) is 0 Å². The van der Waals surface area contributed by atoms with Crippen molar-refractivity contribution in [2.45, 2.75) is 26.3 Å². The number of carbonyl (C=O) groups is 2. The predicted octanol–water partition coefficient (Wildman–Crippen LogP) is 2.79. The fourth-order valence-electron chi connectivity index (χ4n) is 2.04. The number of hydrogen-bond acceptors (Lipinski definition) is 5. The van der Waals surface area contributed by atoms with Crippen molar-refractivity contribution in [1.82, 2.24) is 10.3 Å². The maximum atomic E-state index is 12.4. The molecule has 5 nitrogen and oxygen atoms in total. The lowest BCUT2D eigenvalue weighted by molar-refractivity contribution is -0.141. The van der Waals surface area contributed by atoms with Crippen LogP contribution in [-0.4, -0.2) is 24.0 Å². The van der Waals surface area contributed by atoms with E-state index in [0.29, 0.717) is 10.6 Å². The van der Waals surface area contributed by atoms with Gasteiger partial charge in [0.2, 0.25) is 0 Å². The maximum absolute atomic E-state index is 12.4. The molecule has 0 saturated carbocycles. The number of hydrogen-bond donors (Lipinski definition) is 1. The van der Waals surface area contributed by atoms with E-state index in [4.69, 9.17) is 4.74 Å². The van der Waals surface area contributed by atoms with E-state index in [1.165, 1.54) is 18.4 Å². The molecule has 1 atom stereocenters. The summed E-state index contributed by atoms with van der Waals surface area (Å²) < 4.78 is 4.72. The van der Waals surface area contributed by atoms with Crippen molar-refractivity contribution >= 4 is 23.2 Å². The van der Waals surface area contributed by atoms with Gasteiger partial charge in [-0.05, 0) is 19.4 Å².